The van der Waals surface area contributed by atoms with E-state index in [1.54, 1.807) is 13.8 Å². The third-order valence-corrected chi connectivity index (χ3v) is 2.81. The molecular weight excluding hydrogens is 180 g/mol. The van der Waals surface area contributed by atoms with Crippen molar-refractivity contribution in [3.05, 3.63) is 12.7 Å². The van der Waals surface area contributed by atoms with Crippen LogP contribution in [-0.2, 0) is 4.74 Å². The van der Waals surface area contributed by atoms with Gasteiger partial charge in [-0.05, 0) is 32.1 Å². The molecule has 1 aliphatic carbocycles. The molecule has 1 aliphatic rings. The summed E-state index contributed by atoms with van der Waals surface area (Å²) in [7, 11) is 0. The maximum atomic E-state index is 9.74. The smallest absolute Gasteiger partial charge is 0.160 e. The maximum absolute atomic E-state index is 9.74. The van der Waals surface area contributed by atoms with Crippen molar-refractivity contribution in [3.8, 4) is 0 Å². The van der Waals surface area contributed by atoms with E-state index in [4.69, 9.17) is 4.74 Å². The molecule has 1 rings (SSSR count). The SMILES string of the molecule is C=C[C@H]1C[C@H](O)[C@H](OC(C)(C)O)[C@@H]1C. The minimum absolute atomic E-state index is 0.203. The summed E-state index contributed by atoms with van der Waals surface area (Å²) in [6.07, 6.45) is 1.73. The second kappa shape index (κ2) is 4.01. The van der Waals surface area contributed by atoms with Crippen molar-refractivity contribution in [2.24, 2.45) is 11.8 Å². The molecule has 1 fully saturated rings. The second-order valence-electron chi connectivity index (χ2n) is 4.59. The van der Waals surface area contributed by atoms with Gasteiger partial charge >= 0.3 is 0 Å². The first kappa shape index (κ1) is 11.7. The van der Waals surface area contributed by atoms with Crippen molar-refractivity contribution < 1.29 is 14.9 Å². The Labute approximate surface area is 85.4 Å². The molecule has 0 heterocycles. The predicted octanol–water partition coefficient (Wildman–Crippen LogP) is 1.30. The fraction of sp³-hybridized carbons (Fsp3) is 0.818. The Balaban J connectivity index is 2.65. The topological polar surface area (TPSA) is 49.7 Å². The van der Waals surface area contributed by atoms with Gasteiger partial charge in [-0.15, -0.1) is 6.58 Å². The molecule has 14 heavy (non-hydrogen) atoms. The largest absolute Gasteiger partial charge is 0.390 e. The monoisotopic (exact) mass is 200 g/mol. The number of aliphatic hydroxyl groups is 2. The highest BCUT2D eigenvalue weighted by Crippen LogP contribution is 2.36. The second-order valence-corrected chi connectivity index (χ2v) is 4.59. The van der Waals surface area contributed by atoms with Crippen LogP contribution < -0.4 is 0 Å². The van der Waals surface area contributed by atoms with Gasteiger partial charge in [0.1, 0.15) is 0 Å². The predicted molar refractivity (Wildman–Crippen MR) is 54.6 cm³/mol. The molecule has 0 spiro atoms. The molecule has 82 valence electrons. The quantitative estimate of drug-likeness (QED) is 0.533. The van der Waals surface area contributed by atoms with Crippen molar-refractivity contribution in [2.45, 2.75) is 45.2 Å². The Morgan fingerprint density at radius 3 is 2.43 bits per heavy atom. The van der Waals surface area contributed by atoms with Crippen LogP contribution in [0.5, 0.6) is 0 Å². The zero-order chi connectivity index (χ0) is 10.9. The average Bonchev–Trinajstić information content (AvgIpc) is 2.29. The van der Waals surface area contributed by atoms with E-state index in [0.717, 1.165) is 0 Å². The van der Waals surface area contributed by atoms with Gasteiger partial charge in [-0.1, -0.05) is 13.0 Å². The highest BCUT2D eigenvalue weighted by Gasteiger charge is 2.41. The van der Waals surface area contributed by atoms with Gasteiger partial charge in [0.15, 0.2) is 5.79 Å². The van der Waals surface area contributed by atoms with Crippen molar-refractivity contribution >= 4 is 0 Å². The number of hydrogen-bond acceptors (Lipinski definition) is 3. The van der Waals surface area contributed by atoms with Crippen LogP contribution >= 0.6 is 0 Å². The molecule has 0 saturated heterocycles. The lowest BCUT2D eigenvalue weighted by atomic mass is 9.97. The highest BCUT2D eigenvalue weighted by atomic mass is 16.6. The lowest BCUT2D eigenvalue weighted by molar-refractivity contribution is -0.227. The lowest BCUT2D eigenvalue weighted by Crippen LogP contribution is -2.37. The van der Waals surface area contributed by atoms with Crippen LogP contribution in [0.4, 0.5) is 0 Å². The normalized spacial score (nSPS) is 38.6. The van der Waals surface area contributed by atoms with Crippen molar-refractivity contribution in [1.82, 2.24) is 0 Å². The first-order valence-corrected chi connectivity index (χ1v) is 5.06. The van der Waals surface area contributed by atoms with Crippen molar-refractivity contribution in [1.29, 1.82) is 0 Å². The van der Waals surface area contributed by atoms with Crippen LogP contribution in [0.3, 0.4) is 0 Å². The molecule has 0 amide bonds. The summed E-state index contributed by atoms with van der Waals surface area (Å²) in [5.74, 6) is -0.707. The van der Waals surface area contributed by atoms with Crippen molar-refractivity contribution in [3.63, 3.8) is 0 Å². The summed E-state index contributed by atoms with van der Waals surface area (Å²) in [5.41, 5.74) is 0. The molecular formula is C11H20O3. The van der Waals surface area contributed by atoms with E-state index in [2.05, 4.69) is 6.58 Å². The highest BCUT2D eigenvalue weighted by molar-refractivity contribution is 4.97. The Kier molecular flexibility index (Phi) is 3.35. The van der Waals surface area contributed by atoms with Gasteiger partial charge in [-0.2, -0.15) is 0 Å². The van der Waals surface area contributed by atoms with Crippen LogP contribution in [0.15, 0.2) is 12.7 Å². The maximum Gasteiger partial charge on any atom is 0.160 e. The molecule has 4 atom stereocenters. The van der Waals surface area contributed by atoms with Gasteiger partial charge in [0.05, 0.1) is 12.2 Å². The fourth-order valence-electron chi connectivity index (χ4n) is 2.05. The van der Waals surface area contributed by atoms with E-state index in [9.17, 15) is 10.2 Å². The number of allylic oxidation sites excluding steroid dienone is 1. The van der Waals surface area contributed by atoms with Gasteiger partial charge in [-0.25, -0.2) is 0 Å². The number of aliphatic hydroxyl groups excluding tert-OH is 1. The first-order valence-electron chi connectivity index (χ1n) is 5.06. The van der Waals surface area contributed by atoms with Crippen LogP contribution in [-0.4, -0.2) is 28.2 Å². The van der Waals surface area contributed by atoms with Crippen LogP contribution in [0, 0.1) is 11.8 Å². The number of ether oxygens (including phenoxy) is 1. The molecule has 0 unspecified atom stereocenters. The van der Waals surface area contributed by atoms with E-state index >= 15 is 0 Å². The van der Waals surface area contributed by atoms with E-state index in [1.165, 1.54) is 0 Å². The van der Waals surface area contributed by atoms with Crippen LogP contribution in [0.2, 0.25) is 0 Å². The zero-order valence-electron chi connectivity index (χ0n) is 9.10. The van der Waals surface area contributed by atoms with Gasteiger partial charge in [-0.3, -0.25) is 0 Å². The molecule has 2 N–H and O–H groups in total. The number of hydrogen-bond donors (Lipinski definition) is 2. The Bertz CT molecular complexity index is 207. The zero-order valence-corrected chi connectivity index (χ0v) is 9.10. The summed E-state index contributed by atoms with van der Waals surface area (Å²) in [6.45, 7) is 8.90. The van der Waals surface area contributed by atoms with Crippen molar-refractivity contribution in [2.75, 3.05) is 0 Å². The average molecular weight is 200 g/mol. The summed E-state index contributed by atoms with van der Waals surface area (Å²) < 4.78 is 5.41. The Hall–Kier alpha value is -0.380. The Morgan fingerprint density at radius 2 is 2.07 bits per heavy atom. The molecule has 0 aromatic carbocycles. The summed E-state index contributed by atoms with van der Waals surface area (Å²) in [5, 5.41) is 19.3. The molecule has 0 radical (unpaired) electrons. The van der Waals surface area contributed by atoms with E-state index in [-0.39, 0.29) is 17.9 Å². The minimum atomic E-state index is -1.18. The van der Waals surface area contributed by atoms with E-state index in [0.29, 0.717) is 6.42 Å². The first-order chi connectivity index (χ1) is 6.35. The molecule has 0 aromatic rings. The van der Waals surface area contributed by atoms with E-state index in [1.807, 2.05) is 13.0 Å². The number of rotatable bonds is 3. The van der Waals surface area contributed by atoms with Gasteiger partial charge < -0.3 is 14.9 Å². The molecule has 1 saturated carbocycles. The van der Waals surface area contributed by atoms with Crippen LogP contribution in [0.1, 0.15) is 27.2 Å². The third-order valence-electron chi connectivity index (χ3n) is 2.81. The third kappa shape index (κ3) is 2.56. The molecule has 0 bridgehead atoms. The summed E-state index contributed by atoms with van der Waals surface area (Å²) in [6, 6.07) is 0. The van der Waals surface area contributed by atoms with Gasteiger partial charge in [0.2, 0.25) is 0 Å². The minimum Gasteiger partial charge on any atom is -0.390 e. The van der Waals surface area contributed by atoms with Crippen LogP contribution in [0.25, 0.3) is 0 Å². The van der Waals surface area contributed by atoms with Gasteiger partial charge in [0, 0.05) is 0 Å². The standard InChI is InChI=1S/C11H20O3/c1-5-8-6-9(12)10(7(8)2)14-11(3,4)13/h5,7-10,12-13H,1,6H2,2-4H3/t7-,8+,9+,10-/m1/s1. The summed E-state index contributed by atoms with van der Waals surface area (Å²) >= 11 is 0. The lowest BCUT2D eigenvalue weighted by Gasteiger charge is -2.28. The molecule has 0 aromatic heterocycles. The molecule has 0 aliphatic heterocycles. The molecule has 3 heteroatoms. The summed E-state index contributed by atoms with van der Waals surface area (Å²) in [4.78, 5) is 0. The molecule has 3 nitrogen and oxygen atoms in total. The fourth-order valence-corrected chi connectivity index (χ4v) is 2.05. The van der Waals surface area contributed by atoms with E-state index < -0.39 is 11.9 Å². The Morgan fingerprint density at radius 1 is 1.50 bits per heavy atom. The van der Waals surface area contributed by atoms with Gasteiger partial charge in [0.25, 0.3) is 0 Å².